The number of sulfonamides is 1. The molecule has 7 nitrogen and oxygen atoms in total. The van der Waals surface area contributed by atoms with Crippen LogP contribution in [0, 0.1) is 0 Å². The summed E-state index contributed by atoms with van der Waals surface area (Å²) in [5, 5.41) is 0. The van der Waals surface area contributed by atoms with E-state index in [4.69, 9.17) is 14.2 Å². The van der Waals surface area contributed by atoms with Crippen molar-refractivity contribution in [3.63, 3.8) is 0 Å². The molecule has 1 amide bonds. The molecule has 1 N–H and O–H groups in total. The molecule has 1 fully saturated rings. The molecule has 1 aromatic carbocycles. The van der Waals surface area contributed by atoms with E-state index < -0.39 is 22.0 Å². The van der Waals surface area contributed by atoms with Crippen LogP contribution in [0.25, 0.3) is 0 Å². The van der Waals surface area contributed by atoms with Crippen molar-refractivity contribution >= 4 is 31.9 Å². The molecule has 1 atom stereocenters. The maximum atomic E-state index is 12.4. The minimum absolute atomic E-state index is 0.0259. The highest BCUT2D eigenvalue weighted by atomic mass is 79.9. The Hall–Kier alpha value is -1.16. The van der Waals surface area contributed by atoms with Crippen LogP contribution in [0.1, 0.15) is 6.92 Å². The van der Waals surface area contributed by atoms with Crippen LogP contribution in [0.15, 0.2) is 27.6 Å². The first-order chi connectivity index (χ1) is 10.4. The van der Waals surface area contributed by atoms with Crippen molar-refractivity contribution in [3.8, 4) is 5.75 Å². The Morgan fingerprint density at radius 1 is 1.45 bits per heavy atom. The van der Waals surface area contributed by atoms with Gasteiger partial charge >= 0.3 is 0 Å². The fourth-order valence-electron chi connectivity index (χ4n) is 1.86. The zero-order chi connectivity index (χ0) is 16.2. The normalized spacial score (nSPS) is 18.7. The summed E-state index contributed by atoms with van der Waals surface area (Å²) in [6.07, 6.45) is -0.939. The minimum atomic E-state index is -4.07. The third-order valence-corrected chi connectivity index (χ3v) is 4.70. The maximum absolute atomic E-state index is 12.4. The van der Waals surface area contributed by atoms with E-state index in [0.717, 1.165) is 0 Å². The number of hydrogen-bond acceptors (Lipinski definition) is 6. The van der Waals surface area contributed by atoms with Crippen molar-refractivity contribution in [1.82, 2.24) is 4.72 Å². The van der Waals surface area contributed by atoms with E-state index in [0.29, 0.717) is 17.7 Å². The molecular weight excluding hydrogens is 378 g/mol. The number of hydrogen-bond donors (Lipinski definition) is 1. The molecule has 0 aliphatic carbocycles. The second-order valence-corrected chi connectivity index (χ2v) is 6.99. The summed E-state index contributed by atoms with van der Waals surface area (Å²) in [6.45, 7) is 2.70. The Balaban J connectivity index is 2.22. The molecule has 122 valence electrons. The van der Waals surface area contributed by atoms with Gasteiger partial charge in [0.2, 0.25) is 0 Å². The van der Waals surface area contributed by atoms with Crippen molar-refractivity contribution in [1.29, 1.82) is 0 Å². The number of halogens is 1. The Bertz CT molecular complexity index is 642. The van der Waals surface area contributed by atoms with Gasteiger partial charge in [0.25, 0.3) is 15.9 Å². The molecule has 1 unspecified atom stereocenters. The predicted octanol–water partition coefficient (Wildman–Crippen LogP) is 1.07. The van der Waals surface area contributed by atoms with Gasteiger partial charge in [-0.1, -0.05) is 15.9 Å². The van der Waals surface area contributed by atoms with Crippen LogP contribution in [0.4, 0.5) is 0 Å². The highest BCUT2D eigenvalue weighted by Crippen LogP contribution is 2.27. The van der Waals surface area contributed by atoms with Gasteiger partial charge in [0, 0.05) is 4.47 Å². The molecule has 1 saturated heterocycles. The molecule has 0 bridgehead atoms. The van der Waals surface area contributed by atoms with Gasteiger partial charge in [-0.3, -0.25) is 4.79 Å². The lowest BCUT2D eigenvalue weighted by atomic mass is 10.3. The van der Waals surface area contributed by atoms with Gasteiger partial charge < -0.3 is 14.2 Å². The van der Waals surface area contributed by atoms with Gasteiger partial charge in [-0.2, -0.15) is 0 Å². The smallest absolute Gasteiger partial charge is 0.267 e. The summed E-state index contributed by atoms with van der Waals surface area (Å²) in [7, 11) is -4.07. The third kappa shape index (κ3) is 4.19. The van der Waals surface area contributed by atoms with Gasteiger partial charge in [-0.25, -0.2) is 13.1 Å². The Kier molecular flexibility index (Phi) is 5.79. The highest BCUT2D eigenvalue weighted by Gasteiger charge is 2.29. The van der Waals surface area contributed by atoms with Crippen LogP contribution in [0.2, 0.25) is 0 Å². The van der Waals surface area contributed by atoms with Crippen LogP contribution in [-0.2, 0) is 24.3 Å². The number of nitrogens with one attached hydrogen (secondary N) is 1. The lowest BCUT2D eigenvalue weighted by molar-refractivity contribution is -0.145. The molecular formula is C13H16BrNO6S. The van der Waals surface area contributed by atoms with Gasteiger partial charge in [-0.05, 0) is 25.1 Å². The first-order valence-electron chi connectivity index (χ1n) is 6.62. The summed E-state index contributed by atoms with van der Waals surface area (Å²) in [5.41, 5.74) is 0. The van der Waals surface area contributed by atoms with Crippen LogP contribution in [0.5, 0.6) is 5.75 Å². The lowest BCUT2D eigenvalue weighted by Gasteiger charge is -2.22. The molecule has 2 rings (SSSR count). The Morgan fingerprint density at radius 2 is 2.23 bits per heavy atom. The van der Waals surface area contributed by atoms with E-state index in [2.05, 4.69) is 15.9 Å². The summed E-state index contributed by atoms with van der Waals surface area (Å²) < 4.78 is 42.9. The molecule has 0 radical (unpaired) electrons. The second-order valence-electron chi connectivity index (χ2n) is 4.43. The molecule has 1 aliphatic heterocycles. The van der Waals surface area contributed by atoms with Gasteiger partial charge in [0.1, 0.15) is 10.6 Å². The largest absolute Gasteiger partial charge is 0.492 e. The predicted molar refractivity (Wildman–Crippen MR) is 81.2 cm³/mol. The number of amides is 1. The van der Waals surface area contributed by atoms with E-state index >= 15 is 0 Å². The highest BCUT2D eigenvalue weighted by molar-refractivity contribution is 9.10. The van der Waals surface area contributed by atoms with E-state index in [1.54, 1.807) is 13.0 Å². The number of ether oxygens (including phenoxy) is 3. The summed E-state index contributed by atoms with van der Waals surface area (Å²) in [4.78, 5) is 11.9. The van der Waals surface area contributed by atoms with Gasteiger partial charge in [0.15, 0.2) is 6.10 Å². The Labute approximate surface area is 137 Å². The number of rotatable bonds is 5. The molecule has 1 heterocycles. The quantitative estimate of drug-likeness (QED) is 0.804. The summed E-state index contributed by atoms with van der Waals surface area (Å²) in [6, 6.07) is 4.55. The average molecular weight is 394 g/mol. The van der Waals surface area contributed by atoms with Crippen molar-refractivity contribution in [3.05, 3.63) is 22.7 Å². The molecule has 1 aromatic rings. The molecule has 22 heavy (non-hydrogen) atoms. The zero-order valence-electron chi connectivity index (χ0n) is 11.9. The van der Waals surface area contributed by atoms with E-state index in [1.165, 1.54) is 12.1 Å². The fraction of sp³-hybridized carbons (Fsp3) is 0.462. The molecule has 0 saturated carbocycles. The second kappa shape index (κ2) is 7.40. The summed E-state index contributed by atoms with van der Waals surface area (Å²) >= 11 is 3.21. The lowest BCUT2D eigenvalue weighted by Crippen LogP contribution is -2.45. The maximum Gasteiger partial charge on any atom is 0.267 e. The first-order valence-corrected chi connectivity index (χ1v) is 8.90. The van der Waals surface area contributed by atoms with Crippen molar-refractivity contribution in [2.24, 2.45) is 0 Å². The van der Waals surface area contributed by atoms with Crippen LogP contribution < -0.4 is 9.46 Å². The summed E-state index contributed by atoms with van der Waals surface area (Å²) in [5.74, 6) is -0.589. The van der Waals surface area contributed by atoms with Crippen molar-refractivity contribution in [2.45, 2.75) is 17.9 Å². The van der Waals surface area contributed by atoms with Crippen molar-refractivity contribution < 1.29 is 27.4 Å². The standard InChI is InChI=1S/C13H16BrNO6S/c1-2-20-10-4-3-9(14)7-12(10)22(17,18)15-13(16)11-8-19-5-6-21-11/h3-4,7,11H,2,5-6,8H2,1H3,(H,15,16). The van der Waals surface area contributed by atoms with Crippen LogP contribution in [0.3, 0.4) is 0 Å². The average Bonchev–Trinajstić information content (AvgIpc) is 2.49. The fourth-order valence-corrected chi connectivity index (χ4v) is 3.55. The van der Waals surface area contributed by atoms with Crippen LogP contribution >= 0.6 is 15.9 Å². The first kappa shape index (κ1) is 17.2. The van der Waals surface area contributed by atoms with Gasteiger partial charge in [-0.15, -0.1) is 0 Å². The van der Waals surface area contributed by atoms with Crippen LogP contribution in [-0.4, -0.2) is 46.9 Å². The Morgan fingerprint density at radius 3 is 2.86 bits per heavy atom. The molecule has 1 aliphatic rings. The SMILES string of the molecule is CCOc1ccc(Br)cc1S(=O)(=O)NC(=O)C1COCCO1. The molecule has 0 aromatic heterocycles. The van der Waals surface area contributed by atoms with E-state index in [-0.39, 0.29) is 23.9 Å². The molecule has 0 spiro atoms. The topological polar surface area (TPSA) is 90.9 Å². The zero-order valence-corrected chi connectivity index (χ0v) is 14.3. The van der Waals surface area contributed by atoms with E-state index in [9.17, 15) is 13.2 Å². The number of carbonyl (C=O) groups is 1. The van der Waals surface area contributed by atoms with Gasteiger partial charge in [0.05, 0.1) is 26.4 Å². The third-order valence-electron chi connectivity index (χ3n) is 2.84. The van der Waals surface area contributed by atoms with E-state index in [1.807, 2.05) is 4.72 Å². The number of benzene rings is 1. The minimum Gasteiger partial charge on any atom is -0.492 e. The number of carbonyl (C=O) groups excluding carboxylic acids is 1. The molecule has 9 heteroatoms. The van der Waals surface area contributed by atoms with Crippen molar-refractivity contribution in [2.75, 3.05) is 26.4 Å². The monoisotopic (exact) mass is 393 g/mol.